The molecule has 0 radical (unpaired) electrons. The number of morpholine rings is 1. The number of nitrogens with two attached hydrogens (primary N) is 1. The van der Waals surface area contributed by atoms with E-state index >= 15 is 0 Å². The van der Waals surface area contributed by atoms with Crippen molar-refractivity contribution < 1.29 is 18.7 Å². The standard InChI is InChI=1S/C19H23FN4O3S2/c20-14-3-1-2-13(6-14)9-24-4-5-27-16(10-24)8-22-18(26)12-29-19-23-15(11-28-19)7-17(21)25/h1-3,6,11,16H,4-5,7-10,12H2,(H2,21,25)(H,22,26)/t16-/m0/s1. The molecule has 7 nitrogen and oxygen atoms in total. The van der Waals surface area contributed by atoms with Crippen LogP contribution in [0.1, 0.15) is 11.3 Å². The summed E-state index contributed by atoms with van der Waals surface area (Å²) in [6, 6.07) is 6.58. The summed E-state index contributed by atoms with van der Waals surface area (Å²) in [6.45, 7) is 3.09. The number of nitrogens with one attached hydrogen (secondary N) is 1. The van der Waals surface area contributed by atoms with Gasteiger partial charge in [-0.25, -0.2) is 9.37 Å². The lowest BCUT2D eigenvalue weighted by Gasteiger charge is -2.33. The monoisotopic (exact) mass is 438 g/mol. The van der Waals surface area contributed by atoms with Crippen LogP contribution in [-0.4, -0.2) is 59.8 Å². The molecule has 2 amide bonds. The fraction of sp³-hybridized carbons (Fsp3) is 0.421. The smallest absolute Gasteiger partial charge is 0.230 e. The number of carbonyl (C=O) groups is 2. The Kier molecular flexibility index (Phi) is 7.99. The number of thiazole rings is 1. The first-order valence-corrected chi connectivity index (χ1v) is 11.0. The third kappa shape index (κ3) is 7.39. The molecule has 1 saturated heterocycles. The summed E-state index contributed by atoms with van der Waals surface area (Å²) in [4.78, 5) is 29.5. The van der Waals surface area contributed by atoms with Gasteiger partial charge in [0, 0.05) is 31.6 Å². The number of nitrogens with zero attached hydrogens (tertiary/aromatic N) is 2. The van der Waals surface area contributed by atoms with Gasteiger partial charge in [0.2, 0.25) is 11.8 Å². The Morgan fingerprint density at radius 3 is 3.10 bits per heavy atom. The van der Waals surface area contributed by atoms with E-state index in [-0.39, 0.29) is 30.0 Å². The number of halogens is 1. The second kappa shape index (κ2) is 10.7. The molecule has 0 aliphatic carbocycles. The molecular formula is C19H23FN4O3S2. The van der Waals surface area contributed by atoms with Gasteiger partial charge in [-0.3, -0.25) is 14.5 Å². The fourth-order valence-electron chi connectivity index (χ4n) is 2.96. The van der Waals surface area contributed by atoms with Crippen LogP contribution < -0.4 is 11.1 Å². The number of rotatable bonds is 9. The van der Waals surface area contributed by atoms with E-state index in [1.54, 1.807) is 11.4 Å². The normalized spacial score (nSPS) is 17.2. The third-order valence-corrected chi connectivity index (χ3v) is 6.33. The molecule has 3 N–H and O–H groups in total. The van der Waals surface area contributed by atoms with Crippen molar-refractivity contribution in [3.8, 4) is 0 Å². The van der Waals surface area contributed by atoms with Crippen LogP contribution in [0.4, 0.5) is 4.39 Å². The molecule has 1 aliphatic heterocycles. The lowest BCUT2D eigenvalue weighted by molar-refractivity contribution is -0.120. The minimum atomic E-state index is -0.427. The first-order chi connectivity index (χ1) is 14.0. The van der Waals surface area contributed by atoms with Crippen LogP contribution in [0.3, 0.4) is 0 Å². The molecule has 1 aromatic carbocycles. The molecule has 0 spiro atoms. The Hall–Kier alpha value is -2.01. The number of amides is 2. The molecule has 1 aliphatic rings. The highest BCUT2D eigenvalue weighted by atomic mass is 32.2. The predicted molar refractivity (Wildman–Crippen MR) is 110 cm³/mol. The number of primary amides is 1. The van der Waals surface area contributed by atoms with Gasteiger partial charge in [0.1, 0.15) is 5.82 Å². The Morgan fingerprint density at radius 1 is 1.45 bits per heavy atom. The highest BCUT2D eigenvalue weighted by Gasteiger charge is 2.21. The zero-order valence-corrected chi connectivity index (χ0v) is 17.4. The summed E-state index contributed by atoms with van der Waals surface area (Å²) >= 11 is 2.71. The first kappa shape index (κ1) is 21.7. The lowest BCUT2D eigenvalue weighted by Crippen LogP contribution is -2.47. The van der Waals surface area contributed by atoms with E-state index in [4.69, 9.17) is 10.5 Å². The van der Waals surface area contributed by atoms with Gasteiger partial charge >= 0.3 is 0 Å². The molecule has 1 fully saturated rings. The van der Waals surface area contributed by atoms with Gasteiger partial charge in [0.15, 0.2) is 4.34 Å². The summed E-state index contributed by atoms with van der Waals surface area (Å²) in [5, 5.41) is 4.66. The maximum atomic E-state index is 13.3. The second-order valence-electron chi connectivity index (χ2n) is 6.70. The molecule has 1 atom stereocenters. The van der Waals surface area contributed by atoms with Crippen molar-refractivity contribution in [3.05, 3.63) is 46.7 Å². The van der Waals surface area contributed by atoms with Crippen LogP contribution in [0, 0.1) is 5.82 Å². The lowest BCUT2D eigenvalue weighted by atomic mass is 10.2. The molecule has 3 rings (SSSR count). The van der Waals surface area contributed by atoms with Crippen molar-refractivity contribution in [1.29, 1.82) is 0 Å². The van der Waals surface area contributed by atoms with Crippen LogP contribution in [0.5, 0.6) is 0 Å². The molecule has 156 valence electrons. The topological polar surface area (TPSA) is 97.5 Å². The van der Waals surface area contributed by atoms with E-state index < -0.39 is 5.91 Å². The van der Waals surface area contributed by atoms with Gasteiger partial charge in [-0.05, 0) is 17.7 Å². The maximum absolute atomic E-state index is 13.3. The number of thioether (sulfide) groups is 1. The van der Waals surface area contributed by atoms with Crippen molar-refractivity contribution >= 4 is 34.9 Å². The first-order valence-electron chi connectivity index (χ1n) is 9.18. The molecule has 0 saturated carbocycles. The zero-order valence-electron chi connectivity index (χ0n) is 15.8. The third-order valence-electron chi connectivity index (χ3n) is 4.26. The Balaban J connectivity index is 1.38. The Morgan fingerprint density at radius 2 is 2.31 bits per heavy atom. The van der Waals surface area contributed by atoms with Crippen molar-refractivity contribution in [2.45, 2.75) is 23.4 Å². The number of aromatic nitrogens is 1. The van der Waals surface area contributed by atoms with E-state index in [2.05, 4.69) is 15.2 Å². The minimum Gasteiger partial charge on any atom is -0.374 e. The number of hydrogen-bond acceptors (Lipinski definition) is 7. The van der Waals surface area contributed by atoms with Gasteiger partial charge in [-0.15, -0.1) is 11.3 Å². The minimum absolute atomic E-state index is 0.103. The molecule has 10 heteroatoms. The SMILES string of the molecule is NC(=O)Cc1csc(SCC(=O)NC[C@H]2CN(Cc3cccc(F)c3)CCO2)n1. The number of carbonyl (C=O) groups excluding carboxylic acids is 2. The predicted octanol–water partition coefficient (Wildman–Crippen LogP) is 1.42. The summed E-state index contributed by atoms with van der Waals surface area (Å²) in [7, 11) is 0. The Labute approximate surface area is 176 Å². The summed E-state index contributed by atoms with van der Waals surface area (Å²) < 4.78 is 19.8. The van der Waals surface area contributed by atoms with Crippen LogP contribution in [-0.2, 0) is 27.3 Å². The van der Waals surface area contributed by atoms with E-state index in [9.17, 15) is 14.0 Å². The van der Waals surface area contributed by atoms with Gasteiger partial charge in [0.25, 0.3) is 0 Å². The Bertz CT molecular complexity index is 848. The number of ether oxygens (including phenoxy) is 1. The fourth-order valence-corrected chi connectivity index (χ4v) is 4.64. The number of benzene rings is 1. The largest absolute Gasteiger partial charge is 0.374 e. The summed E-state index contributed by atoms with van der Waals surface area (Å²) in [5.74, 6) is -0.529. The molecular weight excluding hydrogens is 415 g/mol. The van der Waals surface area contributed by atoms with E-state index in [1.807, 2.05) is 6.07 Å². The molecule has 0 bridgehead atoms. The van der Waals surface area contributed by atoms with E-state index in [0.717, 1.165) is 16.4 Å². The second-order valence-corrected chi connectivity index (χ2v) is 8.78. The molecule has 29 heavy (non-hydrogen) atoms. The summed E-state index contributed by atoms with van der Waals surface area (Å²) in [6.07, 6.45) is 0.00212. The molecule has 1 aromatic heterocycles. The van der Waals surface area contributed by atoms with Crippen LogP contribution in [0.15, 0.2) is 34.0 Å². The van der Waals surface area contributed by atoms with Gasteiger partial charge in [0.05, 0.1) is 30.6 Å². The van der Waals surface area contributed by atoms with Crippen LogP contribution >= 0.6 is 23.1 Å². The average Bonchev–Trinajstić information content (AvgIpc) is 3.12. The maximum Gasteiger partial charge on any atom is 0.230 e. The zero-order chi connectivity index (χ0) is 20.6. The van der Waals surface area contributed by atoms with Gasteiger partial charge in [-0.2, -0.15) is 0 Å². The molecule has 2 heterocycles. The average molecular weight is 439 g/mol. The molecule has 2 aromatic rings. The highest BCUT2D eigenvalue weighted by Crippen LogP contribution is 2.22. The van der Waals surface area contributed by atoms with Crippen LogP contribution in [0.25, 0.3) is 0 Å². The van der Waals surface area contributed by atoms with E-state index in [1.165, 1.54) is 35.2 Å². The van der Waals surface area contributed by atoms with Crippen molar-refractivity contribution in [3.63, 3.8) is 0 Å². The van der Waals surface area contributed by atoms with E-state index in [0.29, 0.717) is 31.9 Å². The molecule has 0 unspecified atom stereocenters. The van der Waals surface area contributed by atoms with Gasteiger partial charge < -0.3 is 15.8 Å². The van der Waals surface area contributed by atoms with Gasteiger partial charge in [-0.1, -0.05) is 23.9 Å². The quantitative estimate of drug-likeness (QED) is 0.575. The van der Waals surface area contributed by atoms with Crippen molar-refractivity contribution in [2.75, 3.05) is 32.0 Å². The van der Waals surface area contributed by atoms with Crippen molar-refractivity contribution in [2.24, 2.45) is 5.73 Å². The highest BCUT2D eigenvalue weighted by molar-refractivity contribution is 8.01. The number of hydrogen-bond donors (Lipinski definition) is 2. The van der Waals surface area contributed by atoms with Crippen molar-refractivity contribution in [1.82, 2.24) is 15.2 Å². The summed E-state index contributed by atoms with van der Waals surface area (Å²) in [5.41, 5.74) is 6.69. The van der Waals surface area contributed by atoms with Crippen LogP contribution in [0.2, 0.25) is 0 Å².